The average Bonchev–Trinajstić information content (AvgIpc) is 2.98. The lowest BCUT2D eigenvalue weighted by molar-refractivity contribution is -0.118. The van der Waals surface area contributed by atoms with E-state index in [1.165, 1.54) is 5.01 Å². The summed E-state index contributed by atoms with van der Waals surface area (Å²) >= 11 is 0. The van der Waals surface area contributed by atoms with Crippen LogP contribution in [-0.4, -0.2) is 30.2 Å². The summed E-state index contributed by atoms with van der Waals surface area (Å²) in [6, 6.07) is 17.1. The number of nitrogens with zero attached hydrogens (tertiary/aromatic N) is 3. The van der Waals surface area contributed by atoms with E-state index in [9.17, 15) is 9.59 Å². The molecule has 2 aliphatic rings. The second kappa shape index (κ2) is 6.05. The standard InChI is InChI=1S/C19H18N4O2/c1-13-11-14-7-5-6-10-16(14)22(13)19(25)18-20-12-17(24)23(21-18)15-8-3-2-4-9-15/h2-10,13H,11-12H2,1H3,(H,20,21)/t13-/m0/s1. The van der Waals surface area contributed by atoms with E-state index >= 15 is 0 Å². The van der Waals surface area contributed by atoms with Crippen LogP contribution in [0.5, 0.6) is 0 Å². The van der Waals surface area contributed by atoms with Crippen molar-refractivity contribution in [2.24, 2.45) is 4.99 Å². The number of nitrogens with one attached hydrogen (secondary N) is 1. The van der Waals surface area contributed by atoms with Gasteiger partial charge >= 0.3 is 0 Å². The summed E-state index contributed by atoms with van der Waals surface area (Å²) in [4.78, 5) is 31.1. The summed E-state index contributed by atoms with van der Waals surface area (Å²) in [6.07, 6.45) is 0.816. The molecule has 0 saturated carbocycles. The maximum Gasteiger partial charge on any atom is 0.295 e. The second-order valence-electron chi connectivity index (χ2n) is 6.20. The molecular weight excluding hydrogens is 316 g/mol. The lowest BCUT2D eigenvalue weighted by Gasteiger charge is -2.30. The van der Waals surface area contributed by atoms with Crippen LogP contribution >= 0.6 is 0 Å². The van der Waals surface area contributed by atoms with Gasteiger partial charge in [-0.1, -0.05) is 36.4 Å². The number of hydrogen-bond acceptors (Lipinski definition) is 4. The molecule has 6 nitrogen and oxygen atoms in total. The van der Waals surface area contributed by atoms with E-state index in [-0.39, 0.29) is 30.2 Å². The first-order valence-corrected chi connectivity index (χ1v) is 8.26. The Kier molecular flexibility index (Phi) is 3.72. The van der Waals surface area contributed by atoms with Crippen molar-refractivity contribution in [3.63, 3.8) is 0 Å². The Labute approximate surface area is 145 Å². The molecule has 0 bridgehead atoms. The van der Waals surface area contributed by atoms with Crippen molar-refractivity contribution >= 4 is 29.0 Å². The van der Waals surface area contributed by atoms with Crippen molar-refractivity contribution in [2.45, 2.75) is 19.4 Å². The van der Waals surface area contributed by atoms with Crippen LogP contribution < -0.4 is 15.3 Å². The fourth-order valence-electron chi connectivity index (χ4n) is 3.31. The van der Waals surface area contributed by atoms with Gasteiger partial charge in [0.2, 0.25) is 5.84 Å². The minimum atomic E-state index is -0.217. The summed E-state index contributed by atoms with van der Waals surface area (Å²) in [5.74, 6) is -0.226. The molecule has 2 aromatic carbocycles. The third kappa shape index (κ3) is 2.65. The van der Waals surface area contributed by atoms with Crippen LogP contribution in [0.1, 0.15) is 12.5 Å². The van der Waals surface area contributed by atoms with Crippen LogP contribution in [0.15, 0.2) is 59.6 Å². The number of hydrogen-bond donors (Lipinski definition) is 1. The second-order valence-corrected chi connectivity index (χ2v) is 6.20. The highest BCUT2D eigenvalue weighted by Crippen LogP contribution is 2.32. The summed E-state index contributed by atoms with van der Waals surface area (Å²) in [5.41, 5.74) is 5.63. The maximum atomic E-state index is 13.1. The van der Waals surface area contributed by atoms with E-state index in [1.807, 2.05) is 61.5 Å². The molecule has 0 unspecified atom stereocenters. The molecular formula is C19H18N4O2. The molecule has 2 amide bonds. The van der Waals surface area contributed by atoms with Crippen LogP contribution in [0, 0.1) is 0 Å². The van der Waals surface area contributed by atoms with Gasteiger partial charge in [-0.25, -0.2) is 5.01 Å². The molecule has 2 aromatic rings. The molecule has 0 aromatic heterocycles. The molecule has 1 atom stereocenters. The fourth-order valence-corrected chi connectivity index (χ4v) is 3.31. The highest BCUT2D eigenvalue weighted by Gasteiger charge is 2.35. The van der Waals surface area contributed by atoms with E-state index < -0.39 is 0 Å². The first kappa shape index (κ1) is 15.4. The van der Waals surface area contributed by atoms with Gasteiger partial charge in [-0.2, -0.15) is 0 Å². The van der Waals surface area contributed by atoms with Gasteiger partial charge in [0.1, 0.15) is 6.54 Å². The third-order valence-corrected chi connectivity index (χ3v) is 4.48. The number of hydrazine groups is 1. The third-order valence-electron chi connectivity index (χ3n) is 4.48. The number of anilines is 2. The molecule has 126 valence electrons. The Morgan fingerprint density at radius 2 is 1.84 bits per heavy atom. The van der Waals surface area contributed by atoms with Gasteiger partial charge < -0.3 is 4.90 Å². The maximum absolute atomic E-state index is 13.1. The van der Waals surface area contributed by atoms with Gasteiger partial charge in [0, 0.05) is 11.7 Å². The molecule has 2 aliphatic heterocycles. The molecule has 0 radical (unpaired) electrons. The fraction of sp³-hybridized carbons (Fsp3) is 0.211. The molecule has 0 fully saturated rings. The number of amidine groups is 1. The van der Waals surface area contributed by atoms with Crippen molar-refractivity contribution in [1.29, 1.82) is 0 Å². The van der Waals surface area contributed by atoms with Crippen LogP contribution in [0.25, 0.3) is 0 Å². The van der Waals surface area contributed by atoms with Crippen molar-refractivity contribution in [2.75, 3.05) is 16.5 Å². The van der Waals surface area contributed by atoms with Gasteiger partial charge in [-0.3, -0.25) is 20.0 Å². The first-order valence-electron chi connectivity index (χ1n) is 8.26. The van der Waals surface area contributed by atoms with Gasteiger partial charge in [0.05, 0.1) is 5.69 Å². The lowest BCUT2D eigenvalue weighted by Crippen LogP contribution is -2.57. The largest absolute Gasteiger partial charge is 0.302 e. The lowest BCUT2D eigenvalue weighted by atomic mass is 10.1. The average molecular weight is 334 g/mol. The Morgan fingerprint density at radius 3 is 2.64 bits per heavy atom. The molecule has 1 N–H and O–H groups in total. The summed E-state index contributed by atoms with van der Waals surface area (Å²) in [5, 5.41) is 1.38. The molecule has 0 aliphatic carbocycles. The normalized spacial score (nSPS) is 19.3. The number of carbonyl (C=O) groups is 2. The van der Waals surface area contributed by atoms with E-state index in [2.05, 4.69) is 10.4 Å². The number of aliphatic imine (C=N–C) groups is 1. The van der Waals surface area contributed by atoms with Gasteiger partial charge in [-0.05, 0) is 37.1 Å². The highest BCUT2D eigenvalue weighted by molar-refractivity contribution is 6.44. The summed E-state index contributed by atoms with van der Waals surface area (Å²) < 4.78 is 0. The summed E-state index contributed by atoms with van der Waals surface area (Å²) in [7, 11) is 0. The number of amides is 2. The van der Waals surface area contributed by atoms with Crippen molar-refractivity contribution in [3.8, 4) is 0 Å². The van der Waals surface area contributed by atoms with E-state index in [0.29, 0.717) is 5.69 Å². The Balaban J connectivity index is 1.62. The molecule has 25 heavy (non-hydrogen) atoms. The number of benzene rings is 2. The van der Waals surface area contributed by atoms with Crippen molar-refractivity contribution < 1.29 is 9.59 Å². The molecule has 6 heteroatoms. The highest BCUT2D eigenvalue weighted by atomic mass is 16.2. The quantitative estimate of drug-likeness (QED) is 0.912. The Hall–Kier alpha value is -3.15. The number of fused-ring (bicyclic) bond motifs is 1. The number of carbonyl (C=O) groups excluding carboxylic acids is 2. The van der Waals surface area contributed by atoms with Crippen LogP contribution in [-0.2, 0) is 16.0 Å². The SMILES string of the molecule is C[C@H]1Cc2ccccc2N1C(=O)C1=NCC(=O)N(c2ccccc2)N1. The van der Waals surface area contributed by atoms with Crippen molar-refractivity contribution in [3.05, 3.63) is 60.2 Å². The van der Waals surface area contributed by atoms with Gasteiger partial charge in [-0.15, -0.1) is 0 Å². The first-order chi connectivity index (χ1) is 12.1. The van der Waals surface area contributed by atoms with Crippen LogP contribution in [0.2, 0.25) is 0 Å². The summed E-state index contributed by atoms with van der Waals surface area (Å²) in [6.45, 7) is 1.97. The molecule has 0 spiro atoms. The zero-order valence-electron chi connectivity index (χ0n) is 13.8. The van der Waals surface area contributed by atoms with Gasteiger partial charge in [0.15, 0.2) is 0 Å². The van der Waals surface area contributed by atoms with E-state index in [4.69, 9.17) is 0 Å². The minimum Gasteiger partial charge on any atom is -0.302 e. The minimum absolute atomic E-state index is 0.0488. The monoisotopic (exact) mass is 334 g/mol. The van der Waals surface area contributed by atoms with Gasteiger partial charge in [0.25, 0.3) is 11.8 Å². The predicted molar refractivity (Wildman–Crippen MR) is 96.5 cm³/mol. The van der Waals surface area contributed by atoms with Crippen LogP contribution in [0.3, 0.4) is 0 Å². The predicted octanol–water partition coefficient (Wildman–Crippen LogP) is 1.91. The molecule has 2 heterocycles. The van der Waals surface area contributed by atoms with E-state index in [1.54, 1.807) is 4.90 Å². The Bertz CT molecular complexity index is 863. The van der Waals surface area contributed by atoms with E-state index in [0.717, 1.165) is 17.7 Å². The topological polar surface area (TPSA) is 65.0 Å². The van der Waals surface area contributed by atoms with Crippen molar-refractivity contribution in [1.82, 2.24) is 5.43 Å². The molecule has 4 rings (SSSR count). The number of para-hydroxylation sites is 2. The number of rotatable bonds is 2. The zero-order chi connectivity index (χ0) is 17.4. The Morgan fingerprint density at radius 1 is 1.12 bits per heavy atom. The smallest absolute Gasteiger partial charge is 0.295 e. The van der Waals surface area contributed by atoms with Crippen LogP contribution in [0.4, 0.5) is 11.4 Å². The zero-order valence-corrected chi connectivity index (χ0v) is 13.8. The molecule has 0 saturated heterocycles.